The molecule has 0 unspecified atom stereocenters. The lowest BCUT2D eigenvalue weighted by atomic mass is 10.1. The summed E-state index contributed by atoms with van der Waals surface area (Å²) in [5.74, 6) is 2.94. The average Bonchev–Trinajstić information content (AvgIpc) is 3.36. The van der Waals surface area contributed by atoms with Gasteiger partial charge in [0.25, 0.3) is 0 Å². The van der Waals surface area contributed by atoms with E-state index in [1.165, 1.54) is 5.56 Å². The molecule has 0 aliphatic carbocycles. The van der Waals surface area contributed by atoms with Crippen LogP contribution in [0.2, 0.25) is 0 Å². The molecule has 1 aromatic carbocycles. The zero-order valence-electron chi connectivity index (χ0n) is 14.6. The minimum atomic E-state index is 0.613. The first kappa shape index (κ1) is 16.1. The second kappa shape index (κ2) is 6.84. The van der Waals surface area contributed by atoms with Crippen molar-refractivity contribution in [1.82, 2.24) is 19.7 Å². The number of oxazole rings is 1. The van der Waals surface area contributed by atoms with Gasteiger partial charge in [-0.15, -0.1) is 0 Å². The van der Waals surface area contributed by atoms with Crippen LogP contribution in [-0.4, -0.2) is 26.9 Å². The summed E-state index contributed by atoms with van der Waals surface area (Å²) in [6, 6.07) is 11.7. The van der Waals surface area contributed by atoms with Crippen molar-refractivity contribution in [3.05, 3.63) is 78.2 Å². The Bertz CT molecular complexity index is 1000. The summed E-state index contributed by atoms with van der Waals surface area (Å²) in [5.41, 5.74) is 3.18. The van der Waals surface area contributed by atoms with Gasteiger partial charge in [0.05, 0.1) is 13.3 Å². The summed E-state index contributed by atoms with van der Waals surface area (Å²) in [6.07, 6.45) is 7.68. The number of rotatable bonds is 5. The Balaban J connectivity index is 1.55. The molecule has 6 nitrogen and oxygen atoms in total. The van der Waals surface area contributed by atoms with Crippen molar-refractivity contribution >= 4 is 0 Å². The number of aromatic nitrogens is 4. The Morgan fingerprint density at radius 1 is 1.12 bits per heavy atom. The first-order valence-corrected chi connectivity index (χ1v) is 8.27. The smallest absolute Gasteiger partial charge is 0.199 e. The Kier molecular flexibility index (Phi) is 4.23. The second-order valence-corrected chi connectivity index (χ2v) is 5.94. The number of ether oxygens (including phenoxy) is 1. The zero-order valence-corrected chi connectivity index (χ0v) is 14.6. The van der Waals surface area contributed by atoms with E-state index in [2.05, 4.69) is 22.0 Å². The SMILES string of the molecule is COc1ccc(C)c(Cc2ncc(-c3ccc(-n4cccn4)nc3)o2)c1. The highest BCUT2D eigenvalue weighted by Crippen LogP contribution is 2.24. The highest BCUT2D eigenvalue weighted by molar-refractivity contribution is 5.56. The highest BCUT2D eigenvalue weighted by Gasteiger charge is 2.10. The van der Waals surface area contributed by atoms with Crippen LogP contribution in [0.5, 0.6) is 5.75 Å². The normalized spacial score (nSPS) is 10.8. The van der Waals surface area contributed by atoms with Crippen molar-refractivity contribution in [3.8, 4) is 22.9 Å². The maximum Gasteiger partial charge on any atom is 0.199 e. The molecular weight excluding hydrogens is 328 g/mol. The summed E-state index contributed by atoms with van der Waals surface area (Å²) in [5, 5.41) is 4.17. The van der Waals surface area contributed by atoms with Crippen LogP contribution in [-0.2, 0) is 6.42 Å². The van der Waals surface area contributed by atoms with Gasteiger partial charge in [0.2, 0.25) is 0 Å². The number of pyridine rings is 1. The second-order valence-electron chi connectivity index (χ2n) is 5.94. The fourth-order valence-electron chi connectivity index (χ4n) is 2.73. The molecule has 0 bridgehead atoms. The Morgan fingerprint density at radius 3 is 2.77 bits per heavy atom. The van der Waals surface area contributed by atoms with Crippen molar-refractivity contribution in [3.63, 3.8) is 0 Å². The number of hydrogen-bond donors (Lipinski definition) is 0. The van der Waals surface area contributed by atoms with Gasteiger partial charge in [0, 0.05) is 30.6 Å². The largest absolute Gasteiger partial charge is 0.497 e. The molecule has 0 N–H and O–H groups in total. The number of methoxy groups -OCH3 is 1. The van der Waals surface area contributed by atoms with Crippen LogP contribution in [0.15, 0.2) is 65.6 Å². The molecule has 0 amide bonds. The molecule has 6 heteroatoms. The molecule has 0 aliphatic heterocycles. The standard InChI is InChI=1S/C20H18N4O2/c1-14-4-6-17(25-2)10-16(14)11-20-22-13-18(26-20)15-5-7-19(21-12-15)24-9-3-8-23-24/h3-10,12-13H,11H2,1-2H3. The lowest BCUT2D eigenvalue weighted by molar-refractivity contribution is 0.414. The van der Waals surface area contributed by atoms with Gasteiger partial charge in [-0.1, -0.05) is 6.07 Å². The Labute approximate surface area is 151 Å². The van der Waals surface area contributed by atoms with E-state index < -0.39 is 0 Å². The van der Waals surface area contributed by atoms with Crippen molar-refractivity contribution < 1.29 is 9.15 Å². The third kappa shape index (κ3) is 3.21. The summed E-state index contributed by atoms with van der Waals surface area (Å²) in [6.45, 7) is 2.07. The molecule has 0 spiro atoms. The molecule has 4 aromatic rings. The van der Waals surface area contributed by atoms with Crippen molar-refractivity contribution in [2.24, 2.45) is 0 Å². The summed E-state index contributed by atoms with van der Waals surface area (Å²) in [7, 11) is 1.66. The fraction of sp³-hybridized carbons (Fsp3) is 0.150. The third-order valence-corrected chi connectivity index (χ3v) is 4.22. The maximum atomic E-state index is 5.92. The highest BCUT2D eigenvalue weighted by atomic mass is 16.5. The van der Waals surface area contributed by atoms with Gasteiger partial charge in [-0.25, -0.2) is 14.6 Å². The van der Waals surface area contributed by atoms with Gasteiger partial charge in [0.15, 0.2) is 17.5 Å². The summed E-state index contributed by atoms with van der Waals surface area (Å²) < 4.78 is 12.9. The van der Waals surface area contributed by atoms with Crippen LogP contribution in [0.3, 0.4) is 0 Å². The lowest BCUT2D eigenvalue weighted by Crippen LogP contribution is -1.96. The predicted molar refractivity (Wildman–Crippen MR) is 97.4 cm³/mol. The van der Waals surface area contributed by atoms with Gasteiger partial charge in [0.1, 0.15) is 5.75 Å². The third-order valence-electron chi connectivity index (χ3n) is 4.22. The van der Waals surface area contributed by atoms with Gasteiger partial charge in [-0.2, -0.15) is 5.10 Å². The van der Waals surface area contributed by atoms with Crippen molar-refractivity contribution in [1.29, 1.82) is 0 Å². The molecule has 0 radical (unpaired) electrons. The molecule has 0 saturated heterocycles. The number of benzene rings is 1. The molecule has 3 heterocycles. The topological polar surface area (TPSA) is 66.0 Å². The molecule has 0 aliphatic rings. The lowest BCUT2D eigenvalue weighted by Gasteiger charge is -2.06. The average molecular weight is 346 g/mol. The minimum absolute atomic E-state index is 0.613. The molecule has 4 rings (SSSR count). The quantitative estimate of drug-likeness (QED) is 0.549. The van der Waals surface area contributed by atoms with Gasteiger partial charge in [-0.05, 0) is 48.4 Å². The first-order chi connectivity index (χ1) is 12.7. The molecule has 0 fully saturated rings. The maximum absolute atomic E-state index is 5.92. The van der Waals surface area contributed by atoms with E-state index in [0.717, 1.165) is 22.7 Å². The molecule has 26 heavy (non-hydrogen) atoms. The van der Waals surface area contributed by atoms with E-state index in [4.69, 9.17) is 9.15 Å². The van der Waals surface area contributed by atoms with E-state index in [0.29, 0.717) is 18.1 Å². The van der Waals surface area contributed by atoms with Gasteiger partial charge >= 0.3 is 0 Å². The zero-order chi connectivity index (χ0) is 17.9. The molecule has 130 valence electrons. The van der Waals surface area contributed by atoms with Crippen LogP contribution in [0.4, 0.5) is 0 Å². The molecular formula is C20H18N4O2. The van der Waals surface area contributed by atoms with Crippen LogP contribution < -0.4 is 4.74 Å². The van der Waals surface area contributed by atoms with Crippen LogP contribution in [0.1, 0.15) is 17.0 Å². The predicted octanol–water partition coefficient (Wildman–Crippen LogP) is 3.83. The molecule has 3 aromatic heterocycles. The van der Waals surface area contributed by atoms with Crippen LogP contribution >= 0.6 is 0 Å². The van der Waals surface area contributed by atoms with E-state index in [1.807, 2.05) is 42.6 Å². The molecule has 0 saturated carbocycles. The van der Waals surface area contributed by atoms with Gasteiger partial charge in [-0.3, -0.25) is 0 Å². The number of hydrogen-bond acceptors (Lipinski definition) is 5. The summed E-state index contributed by atoms with van der Waals surface area (Å²) in [4.78, 5) is 8.83. The Morgan fingerprint density at radius 2 is 2.04 bits per heavy atom. The number of nitrogens with zero attached hydrogens (tertiary/aromatic N) is 4. The monoisotopic (exact) mass is 346 g/mol. The van der Waals surface area contributed by atoms with E-state index in [9.17, 15) is 0 Å². The van der Waals surface area contributed by atoms with Crippen LogP contribution in [0, 0.1) is 6.92 Å². The van der Waals surface area contributed by atoms with E-state index >= 15 is 0 Å². The fourth-order valence-corrected chi connectivity index (χ4v) is 2.73. The Hall–Kier alpha value is -3.41. The van der Waals surface area contributed by atoms with Gasteiger partial charge < -0.3 is 9.15 Å². The molecule has 0 atom stereocenters. The minimum Gasteiger partial charge on any atom is -0.497 e. The first-order valence-electron chi connectivity index (χ1n) is 8.27. The van der Waals surface area contributed by atoms with Crippen LogP contribution in [0.25, 0.3) is 17.1 Å². The van der Waals surface area contributed by atoms with Crippen molar-refractivity contribution in [2.45, 2.75) is 13.3 Å². The van der Waals surface area contributed by atoms with E-state index in [-0.39, 0.29) is 0 Å². The summed E-state index contributed by atoms with van der Waals surface area (Å²) >= 11 is 0. The van der Waals surface area contributed by atoms with Crippen molar-refractivity contribution in [2.75, 3.05) is 7.11 Å². The number of aryl methyl sites for hydroxylation is 1. The van der Waals surface area contributed by atoms with E-state index in [1.54, 1.807) is 30.4 Å².